The van der Waals surface area contributed by atoms with Gasteiger partial charge in [-0.2, -0.15) is 0 Å². The molecule has 0 saturated carbocycles. The van der Waals surface area contributed by atoms with Crippen LogP contribution < -0.4 is 0 Å². The summed E-state index contributed by atoms with van der Waals surface area (Å²) >= 11 is 0. The molecule has 0 spiro atoms. The molecule has 0 bridgehead atoms. The molecule has 0 heterocycles. The van der Waals surface area contributed by atoms with Gasteiger partial charge in [-0.1, -0.05) is 0 Å². The fourth-order valence-corrected chi connectivity index (χ4v) is 2.67. The summed E-state index contributed by atoms with van der Waals surface area (Å²) in [5.74, 6) is -15.3. The van der Waals surface area contributed by atoms with Crippen LogP contribution in [-0.2, 0) is 25.1 Å². The van der Waals surface area contributed by atoms with Gasteiger partial charge in [-0.25, -0.2) is 30.4 Å². The molecule has 1 aromatic carbocycles. The summed E-state index contributed by atoms with van der Waals surface area (Å²) in [5.41, 5.74) is -1.52. The van der Waals surface area contributed by atoms with E-state index in [4.69, 9.17) is 0 Å². The van der Waals surface area contributed by atoms with Crippen LogP contribution in [0.2, 0.25) is 0 Å². The second-order valence-electron chi connectivity index (χ2n) is 3.89. The lowest BCUT2D eigenvalue weighted by molar-refractivity contribution is -0.139. The summed E-state index contributed by atoms with van der Waals surface area (Å²) in [4.78, 5) is 11.0. The molecule has 0 aromatic heterocycles. The maximum Gasteiger partial charge on any atom is 0.321 e. The van der Waals surface area contributed by atoms with Crippen molar-refractivity contribution in [3.63, 3.8) is 0 Å². The van der Waals surface area contributed by atoms with Crippen LogP contribution >= 0.6 is 0 Å². The van der Waals surface area contributed by atoms with E-state index in [1.165, 1.54) is 6.92 Å². The van der Waals surface area contributed by atoms with Gasteiger partial charge in [0.1, 0.15) is 5.75 Å². The van der Waals surface area contributed by atoms with Gasteiger partial charge < -0.3 is 4.74 Å². The Bertz CT molecular complexity index is 643. The van der Waals surface area contributed by atoms with Gasteiger partial charge in [0.05, 0.1) is 12.4 Å². The van der Waals surface area contributed by atoms with Gasteiger partial charge in [0, 0.05) is 5.56 Å². The van der Waals surface area contributed by atoms with Gasteiger partial charge in [0.2, 0.25) is 5.82 Å². The number of rotatable bonds is 5. The first-order valence-electron chi connectivity index (χ1n) is 5.47. The van der Waals surface area contributed by atoms with Crippen LogP contribution in [0.1, 0.15) is 12.5 Å². The third-order valence-corrected chi connectivity index (χ3v) is 3.71. The van der Waals surface area contributed by atoms with Crippen LogP contribution in [0.5, 0.6) is 0 Å². The fourth-order valence-electron chi connectivity index (χ4n) is 1.43. The van der Waals surface area contributed by atoms with Gasteiger partial charge in [0.15, 0.2) is 33.1 Å². The number of sulfone groups is 1. The molecule has 0 fully saturated rings. The Morgan fingerprint density at radius 1 is 0.952 bits per heavy atom. The van der Waals surface area contributed by atoms with E-state index in [1.54, 1.807) is 0 Å². The highest BCUT2D eigenvalue weighted by molar-refractivity contribution is 7.91. The minimum absolute atomic E-state index is 0.128. The second-order valence-corrected chi connectivity index (χ2v) is 5.95. The lowest BCUT2D eigenvalue weighted by Crippen LogP contribution is -2.21. The molecule has 0 amide bonds. The largest absolute Gasteiger partial charge is 0.465 e. The van der Waals surface area contributed by atoms with E-state index < -0.39 is 62.0 Å². The Kier molecular flexibility index (Phi) is 5.26. The zero-order chi connectivity index (χ0) is 16.4. The zero-order valence-electron chi connectivity index (χ0n) is 10.6. The monoisotopic (exact) mass is 332 g/mol. The number of carbonyl (C=O) groups excluding carboxylic acids is 1. The van der Waals surface area contributed by atoms with Crippen molar-refractivity contribution in [3.05, 3.63) is 34.6 Å². The highest BCUT2D eigenvalue weighted by Gasteiger charge is 2.29. The first kappa shape index (κ1) is 17.3. The second kappa shape index (κ2) is 6.37. The van der Waals surface area contributed by atoms with Crippen molar-refractivity contribution in [2.24, 2.45) is 0 Å². The van der Waals surface area contributed by atoms with E-state index in [9.17, 15) is 35.2 Å². The molecule has 118 valence electrons. The Balaban J connectivity index is 3.17. The maximum atomic E-state index is 13.3. The molecule has 4 nitrogen and oxygen atoms in total. The molecule has 1 rings (SSSR count). The molecule has 0 radical (unpaired) electrons. The fraction of sp³-hybridized carbons (Fsp3) is 0.364. The zero-order valence-corrected chi connectivity index (χ0v) is 11.4. The van der Waals surface area contributed by atoms with Gasteiger partial charge in [0.25, 0.3) is 0 Å². The highest BCUT2D eigenvalue weighted by atomic mass is 32.2. The summed E-state index contributed by atoms with van der Waals surface area (Å²) in [5, 5.41) is 0. The van der Waals surface area contributed by atoms with E-state index >= 15 is 0 Å². The lowest BCUT2D eigenvalue weighted by Gasteiger charge is -2.09. The molecular formula is C11H9F5O4S. The quantitative estimate of drug-likeness (QED) is 0.357. The predicted molar refractivity (Wildman–Crippen MR) is 60.4 cm³/mol. The minimum Gasteiger partial charge on any atom is -0.465 e. The number of halogens is 5. The van der Waals surface area contributed by atoms with E-state index in [-0.39, 0.29) is 6.61 Å². The molecule has 0 saturated heterocycles. The number of hydrogen-bond acceptors (Lipinski definition) is 4. The first-order valence-corrected chi connectivity index (χ1v) is 7.29. The molecule has 0 aliphatic rings. The van der Waals surface area contributed by atoms with Gasteiger partial charge in [-0.15, -0.1) is 0 Å². The Hall–Kier alpha value is -1.71. The van der Waals surface area contributed by atoms with Crippen molar-refractivity contribution >= 4 is 15.8 Å². The van der Waals surface area contributed by atoms with Crippen molar-refractivity contribution in [2.45, 2.75) is 12.7 Å². The number of benzene rings is 1. The lowest BCUT2D eigenvalue weighted by atomic mass is 10.2. The van der Waals surface area contributed by atoms with Gasteiger partial charge in [-0.05, 0) is 6.92 Å². The van der Waals surface area contributed by atoms with Crippen LogP contribution in [0.15, 0.2) is 0 Å². The Labute approximate surface area is 116 Å². The van der Waals surface area contributed by atoms with Crippen LogP contribution in [0.25, 0.3) is 0 Å². The maximum absolute atomic E-state index is 13.3. The predicted octanol–water partition coefficient (Wildman–Crippen LogP) is 1.86. The highest BCUT2D eigenvalue weighted by Crippen LogP contribution is 2.24. The van der Waals surface area contributed by atoms with E-state index in [0.29, 0.717) is 0 Å². The van der Waals surface area contributed by atoms with Crippen molar-refractivity contribution in [1.82, 2.24) is 0 Å². The molecular weight excluding hydrogens is 323 g/mol. The molecule has 0 atom stereocenters. The number of esters is 1. The van der Waals surface area contributed by atoms with E-state index in [0.717, 1.165) is 0 Å². The molecule has 0 N–H and O–H groups in total. The van der Waals surface area contributed by atoms with Crippen LogP contribution in [-0.4, -0.2) is 26.7 Å². The molecule has 0 aliphatic carbocycles. The summed E-state index contributed by atoms with van der Waals surface area (Å²) in [6, 6.07) is 0. The molecule has 21 heavy (non-hydrogen) atoms. The molecule has 0 unspecified atom stereocenters. The molecule has 0 aliphatic heterocycles. The molecule has 10 heteroatoms. The van der Waals surface area contributed by atoms with Crippen molar-refractivity contribution < 1.29 is 39.9 Å². The smallest absolute Gasteiger partial charge is 0.321 e. The normalized spacial score (nSPS) is 11.5. The number of ether oxygens (including phenoxy) is 1. The summed E-state index contributed by atoms with van der Waals surface area (Å²) < 4.78 is 92.6. The minimum atomic E-state index is -4.46. The topological polar surface area (TPSA) is 60.4 Å². The standard InChI is InChI=1S/C11H9F5O4S/c1-2-20-6(17)4-21(18,19)3-5-7(12)9(14)11(16)10(15)8(5)13/h2-4H2,1H3. The Morgan fingerprint density at radius 3 is 1.81 bits per heavy atom. The van der Waals surface area contributed by atoms with Crippen LogP contribution in [0.3, 0.4) is 0 Å². The van der Waals surface area contributed by atoms with Crippen molar-refractivity contribution in [3.8, 4) is 0 Å². The third kappa shape index (κ3) is 3.90. The first-order chi connectivity index (χ1) is 9.60. The van der Waals surface area contributed by atoms with Crippen molar-refractivity contribution in [1.29, 1.82) is 0 Å². The summed E-state index contributed by atoms with van der Waals surface area (Å²) in [7, 11) is -4.46. The van der Waals surface area contributed by atoms with Crippen LogP contribution in [0.4, 0.5) is 22.0 Å². The van der Waals surface area contributed by atoms with Gasteiger partial charge in [-0.3, -0.25) is 4.79 Å². The van der Waals surface area contributed by atoms with Crippen LogP contribution in [0, 0.1) is 29.1 Å². The average molecular weight is 332 g/mol. The average Bonchev–Trinajstić information content (AvgIpc) is 2.39. The SMILES string of the molecule is CCOC(=O)CS(=O)(=O)Cc1c(F)c(F)c(F)c(F)c1F. The summed E-state index contributed by atoms with van der Waals surface area (Å²) in [6.07, 6.45) is 0. The van der Waals surface area contributed by atoms with E-state index in [2.05, 4.69) is 4.74 Å². The molecule has 1 aromatic rings. The number of carbonyl (C=O) groups is 1. The van der Waals surface area contributed by atoms with E-state index in [1.807, 2.05) is 0 Å². The van der Waals surface area contributed by atoms with Gasteiger partial charge >= 0.3 is 5.97 Å². The number of hydrogen-bond donors (Lipinski definition) is 0. The van der Waals surface area contributed by atoms with Crippen molar-refractivity contribution in [2.75, 3.05) is 12.4 Å². The third-order valence-electron chi connectivity index (χ3n) is 2.31. The Morgan fingerprint density at radius 2 is 1.38 bits per heavy atom. The summed E-state index contributed by atoms with van der Waals surface area (Å²) in [6.45, 7) is 1.27.